The van der Waals surface area contributed by atoms with Crippen molar-refractivity contribution in [1.29, 1.82) is 0 Å². The molecule has 0 radical (unpaired) electrons. The minimum absolute atomic E-state index is 0.0173. The van der Waals surface area contributed by atoms with Gasteiger partial charge in [0.15, 0.2) is 0 Å². The van der Waals surface area contributed by atoms with Crippen LogP contribution in [-0.2, 0) is 0 Å². The van der Waals surface area contributed by atoms with Crippen LogP contribution in [0.4, 0.5) is 5.69 Å². The molecule has 0 heterocycles. The SMILES string of the molecule is Nc1cccc(Oc2ccccc2)c1C(=O)O. The third kappa shape index (κ3) is 2.36. The van der Waals surface area contributed by atoms with E-state index in [1.54, 1.807) is 24.3 Å². The van der Waals surface area contributed by atoms with Crippen LogP contribution < -0.4 is 10.5 Å². The van der Waals surface area contributed by atoms with Crippen LogP contribution in [0.3, 0.4) is 0 Å². The molecule has 4 heteroatoms. The maximum absolute atomic E-state index is 11.1. The number of carboxylic acids is 1. The van der Waals surface area contributed by atoms with Gasteiger partial charge in [-0.2, -0.15) is 0 Å². The van der Waals surface area contributed by atoms with Crippen molar-refractivity contribution < 1.29 is 14.6 Å². The van der Waals surface area contributed by atoms with Gasteiger partial charge >= 0.3 is 5.97 Å². The van der Waals surface area contributed by atoms with Gasteiger partial charge in [0.25, 0.3) is 0 Å². The first kappa shape index (κ1) is 11.0. The fraction of sp³-hybridized carbons (Fsp3) is 0. The number of carboxylic acid groups (broad SMARTS) is 1. The van der Waals surface area contributed by atoms with Gasteiger partial charge in [-0.15, -0.1) is 0 Å². The summed E-state index contributed by atoms with van der Waals surface area (Å²) in [6, 6.07) is 13.7. The normalized spacial score (nSPS) is 9.88. The van der Waals surface area contributed by atoms with Crippen LogP contribution >= 0.6 is 0 Å². The Kier molecular flexibility index (Phi) is 2.96. The number of para-hydroxylation sites is 1. The standard InChI is InChI=1S/C13H11NO3/c14-10-7-4-8-11(12(10)13(15)16)17-9-5-2-1-3-6-9/h1-8H,14H2,(H,15,16). The highest BCUT2D eigenvalue weighted by Crippen LogP contribution is 2.28. The largest absolute Gasteiger partial charge is 0.477 e. The molecular weight excluding hydrogens is 218 g/mol. The number of hydrogen-bond donors (Lipinski definition) is 2. The third-order valence-electron chi connectivity index (χ3n) is 2.24. The molecule has 0 saturated heterocycles. The molecule has 0 bridgehead atoms. The van der Waals surface area contributed by atoms with Crippen molar-refractivity contribution in [1.82, 2.24) is 0 Å². The molecule has 2 aromatic carbocycles. The first-order valence-electron chi connectivity index (χ1n) is 5.03. The van der Waals surface area contributed by atoms with Crippen LogP contribution in [0, 0.1) is 0 Å². The molecule has 0 aliphatic heterocycles. The van der Waals surface area contributed by atoms with Crippen molar-refractivity contribution in [2.24, 2.45) is 0 Å². The molecular formula is C13H11NO3. The number of hydrogen-bond acceptors (Lipinski definition) is 3. The van der Waals surface area contributed by atoms with Gasteiger partial charge in [0.05, 0.1) is 0 Å². The lowest BCUT2D eigenvalue weighted by molar-refractivity contribution is 0.0695. The van der Waals surface area contributed by atoms with Gasteiger partial charge in [0.2, 0.25) is 0 Å². The van der Waals surface area contributed by atoms with Crippen LogP contribution in [0.2, 0.25) is 0 Å². The second-order valence-electron chi connectivity index (χ2n) is 3.44. The maximum Gasteiger partial charge on any atom is 0.341 e. The molecule has 0 fully saturated rings. The lowest BCUT2D eigenvalue weighted by Gasteiger charge is -2.10. The van der Waals surface area contributed by atoms with E-state index in [9.17, 15) is 4.79 Å². The predicted octanol–water partition coefficient (Wildman–Crippen LogP) is 2.76. The Labute approximate surface area is 98.3 Å². The summed E-state index contributed by atoms with van der Waals surface area (Å²) in [6.45, 7) is 0. The van der Waals surface area contributed by atoms with E-state index in [4.69, 9.17) is 15.6 Å². The molecule has 0 amide bonds. The summed E-state index contributed by atoms with van der Waals surface area (Å²) in [4.78, 5) is 11.1. The zero-order valence-electron chi connectivity index (χ0n) is 8.96. The molecule has 86 valence electrons. The van der Waals surface area contributed by atoms with Crippen LogP contribution in [0.25, 0.3) is 0 Å². The van der Waals surface area contributed by atoms with Crippen molar-refractivity contribution in [2.75, 3.05) is 5.73 Å². The Morgan fingerprint density at radius 2 is 1.76 bits per heavy atom. The van der Waals surface area contributed by atoms with E-state index in [0.29, 0.717) is 5.75 Å². The fourth-order valence-electron chi connectivity index (χ4n) is 1.48. The van der Waals surface area contributed by atoms with Crippen LogP contribution in [0.5, 0.6) is 11.5 Å². The molecule has 0 aliphatic rings. The van der Waals surface area contributed by atoms with Crippen molar-refractivity contribution in [3.63, 3.8) is 0 Å². The minimum atomic E-state index is -1.10. The molecule has 0 spiro atoms. The van der Waals surface area contributed by atoms with Crippen molar-refractivity contribution >= 4 is 11.7 Å². The number of benzene rings is 2. The maximum atomic E-state index is 11.1. The highest BCUT2D eigenvalue weighted by atomic mass is 16.5. The van der Waals surface area contributed by atoms with Gasteiger partial charge in [-0.05, 0) is 24.3 Å². The zero-order valence-corrected chi connectivity index (χ0v) is 8.96. The van der Waals surface area contributed by atoms with Gasteiger partial charge in [0.1, 0.15) is 17.1 Å². The summed E-state index contributed by atoms with van der Waals surface area (Å²) < 4.78 is 5.49. The molecule has 3 N–H and O–H groups in total. The highest BCUT2D eigenvalue weighted by Gasteiger charge is 2.15. The number of carbonyl (C=O) groups is 1. The van der Waals surface area contributed by atoms with E-state index >= 15 is 0 Å². The van der Waals surface area contributed by atoms with Gasteiger partial charge in [-0.3, -0.25) is 0 Å². The number of ether oxygens (including phenoxy) is 1. The smallest absolute Gasteiger partial charge is 0.341 e. The second kappa shape index (κ2) is 4.57. The van der Waals surface area contributed by atoms with Crippen molar-refractivity contribution in [3.8, 4) is 11.5 Å². The summed E-state index contributed by atoms with van der Waals surface area (Å²) in [5.74, 6) is -0.293. The predicted molar refractivity (Wildman–Crippen MR) is 64.3 cm³/mol. The van der Waals surface area contributed by atoms with E-state index in [0.717, 1.165) is 0 Å². The van der Waals surface area contributed by atoms with E-state index in [-0.39, 0.29) is 17.0 Å². The number of aromatic carboxylic acids is 1. The third-order valence-corrected chi connectivity index (χ3v) is 2.24. The van der Waals surface area contributed by atoms with Gasteiger partial charge < -0.3 is 15.6 Å². The Balaban J connectivity index is 2.40. The molecule has 0 atom stereocenters. The van der Waals surface area contributed by atoms with E-state index in [1.807, 2.05) is 18.2 Å². The topological polar surface area (TPSA) is 72.5 Å². The van der Waals surface area contributed by atoms with E-state index in [2.05, 4.69) is 0 Å². The van der Waals surface area contributed by atoms with Crippen LogP contribution in [-0.4, -0.2) is 11.1 Å². The Morgan fingerprint density at radius 3 is 2.41 bits per heavy atom. The zero-order chi connectivity index (χ0) is 12.3. The number of rotatable bonds is 3. The fourth-order valence-corrected chi connectivity index (χ4v) is 1.48. The van der Waals surface area contributed by atoms with Gasteiger partial charge in [0, 0.05) is 5.69 Å². The Hall–Kier alpha value is -2.49. The summed E-state index contributed by atoms with van der Waals surface area (Å²) in [6.07, 6.45) is 0. The van der Waals surface area contributed by atoms with Crippen LogP contribution in [0.15, 0.2) is 48.5 Å². The molecule has 0 aromatic heterocycles. The van der Waals surface area contributed by atoms with Gasteiger partial charge in [-0.1, -0.05) is 24.3 Å². The lowest BCUT2D eigenvalue weighted by atomic mass is 10.1. The Bertz CT molecular complexity index is 538. The summed E-state index contributed by atoms with van der Waals surface area (Å²) in [5, 5.41) is 9.06. The number of nitrogens with two attached hydrogens (primary N) is 1. The molecule has 0 unspecified atom stereocenters. The van der Waals surface area contributed by atoms with E-state index in [1.165, 1.54) is 6.07 Å². The second-order valence-corrected chi connectivity index (χ2v) is 3.44. The molecule has 2 aromatic rings. The molecule has 0 aliphatic carbocycles. The quantitative estimate of drug-likeness (QED) is 0.794. The summed E-state index contributed by atoms with van der Waals surface area (Å²) >= 11 is 0. The van der Waals surface area contributed by atoms with Gasteiger partial charge in [-0.25, -0.2) is 4.79 Å². The van der Waals surface area contributed by atoms with Crippen molar-refractivity contribution in [2.45, 2.75) is 0 Å². The summed E-state index contributed by atoms with van der Waals surface area (Å²) in [5.41, 5.74) is 5.78. The average molecular weight is 229 g/mol. The molecule has 4 nitrogen and oxygen atoms in total. The Morgan fingerprint density at radius 1 is 1.06 bits per heavy atom. The number of anilines is 1. The lowest BCUT2D eigenvalue weighted by Crippen LogP contribution is -2.04. The van der Waals surface area contributed by atoms with E-state index < -0.39 is 5.97 Å². The highest BCUT2D eigenvalue weighted by molar-refractivity contribution is 5.96. The first-order valence-corrected chi connectivity index (χ1v) is 5.03. The monoisotopic (exact) mass is 229 g/mol. The molecule has 0 saturated carbocycles. The average Bonchev–Trinajstić information content (AvgIpc) is 2.30. The van der Waals surface area contributed by atoms with Crippen LogP contribution in [0.1, 0.15) is 10.4 Å². The number of nitrogen functional groups attached to an aromatic ring is 1. The minimum Gasteiger partial charge on any atom is -0.477 e. The molecule has 17 heavy (non-hydrogen) atoms. The summed E-state index contributed by atoms with van der Waals surface area (Å²) in [7, 11) is 0. The molecule has 2 rings (SSSR count). The van der Waals surface area contributed by atoms with Crippen molar-refractivity contribution in [3.05, 3.63) is 54.1 Å². The first-order chi connectivity index (χ1) is 8.18.